The van der Waals surface area contributed by atoms with Gasteiger partial charge in [0.15, 0.2) is 5.13 Å². The predicted molar refractivity (Wildman–Crippen MR) is 118 cm³/mol. The number of amides is 2. The van der Waals surface area contributed by atoms with Crippen molar-refractivity contribution in [2.24, 2.45) is 0 Å². The quantitative estimate of drug-likeness (QED) is 0.294. The third kappa shape index (κ3) is 5.65. The van der Waals surface area contributed by atoms with Crippen molar-refractivity contribution >= 4 is 51.4 Å². The van der Waals surface area contributed by atoms with Crippen LogP contribution in [-0.4, -0.2) is 27.0 Å². The van der Waals surface area contributed by atoms with Crippen molar-refractivity contribution in [3.8, 4) is 0 Å². The van der Waals surface area contributed by atoms with E-state index in [1.165, 1.54) is 47.4 Å². The van der Waals surface area contributed by atoms with Gasteiger partial charge in [-0.2, -0.15) is 0 Å². The number of hydrogen-bond donors (Lipinski definition) is 2. The number of nitro benzene ring substituents is 1. The highest BCUT2D eigenvalue weighted by Gasteiger charge is 2.19. The summed E-state index contributed by atoms with van der Waals surface area (Å²) in [5.41, 5.74) is 0.576. The molecule has 1 atom stereocenters. The maximum absolute atomic E-state index is 12.5. The van der Waals surface area contributed by atoms with Gasteiger partial charge in [-0.15, -0.1) is 23.1 Å². The Labute approximate surface area is 180 Å². The minimum atomic E-state index is -0.546. The molecule has 0 saturated carbocycles. The molecule has 0 spiro atoms. The Morgan fingerprint density at radius 1 is 1.20 bits per heavy atom. The number of nitrogens with zero attached hydrogens (tertiary/aromatic N) is 2. The molecule has 8 nitrogen and oxygen atoms in total. The number of nitro groups is 1. The average Bonchev–Trinajstić information content (AvgIpc) is 3.25. The molecular formula is C20H18N4O4S2. The summed E-state index contributed by atoms with van der Waals surface area (Å²) in [4.78, 5) is 40.2. The first-order valence-electron chi connectivity index (χ1n) is 8.99. The molecule has 0 aliphatic rings. The summed E-state index contributed by atoms with van der Waals surface area (Å²) in [5, 5.41) is 18.5. The largest absolute Gasteiger partial charge is 0.322 e. The molecule has 0 fully saturated rings. The zero-order valence-corrected chi connectivity index (χ0v) is 17.5. The SMILES string of the molecule is CCC(Sc1cccc(NC(=O)c2cccc([N+](=O)[O-])c2)c1)C(=O)Nc1nccs1. The molecule has 0 radical (unpaired) electrons. The van der Waals surface area contributed by atoms with Crippen LogP contribution in [-0.2, 0) is 4.79 Å². The van der Waals surface area contributed by atoms with Crippen molar-refractivity contribution in [1.82, 2.24) is 4.98 Å². The van der Waals surface area contributed by atoms with Gasteiger partial charge in [0.05, 0.1) is 10.2 Å². The van der Waals surface area contributed by atoms with E-state index < -0.39 is 10.8 Å². The van der Waals surface area contributed by atoms with Crippen LogP contribution in [0, 0.1) is 10.1 Å². The fraction of sp³-hybridized carbons (Fsp3) is 0.150. The van der Waals surface area contributed by atoms with Crippen LogP contribution in [0.15, 0.2) is 65.0 Å². The first kappa shape index (κ1) is 21.5. The second-order valence-corrected chi connectivity index (χ2v) is 8.30. The topological polar surface area (TPSA) is 114 Å². The molecule has 3 rings (SSSR count). The second kappa shape index (κ2) is 9.99. The van der Waals surface area contributed by atoms with Gasteiger partial charge in [-0.05, 0) is 30.7 Å². The molecule has 10 heteroatoms. The van der Waals surface area contributed by atoms with E-state index in [2.05, 4.69) is 15.6 Å². The lowest BCUT2D eigenvalue weighted by Crippen LogP contribution is -2.24. The number of nitrogens with one attached hydrogen (secondary N) is 2. The zero-order valence-electron chi connectivity index (χ0n) is 15.9. The van der Waals surface area contributed by atoms with E-state index in [4.69, 9.17) is 0 Å². The van der Waals surface area contributed by atoms with Gasteiger partial charge in [-0.1, -0.05) is 19.1 Å². The summed E-state index contributed by atoms with van der Waals surface area (Å²) in [6.07, 6.45) is 2.24. The minimum Gasteiger partial charge on any atom is -0.322 e. The van der Waals surface area contributed by atoms with Gasteiger partial charge in [-0.3, -0.25) is 19.7 Å². The maximum atomic E-state index is 12.5. The molecule has 0 saturated heterocycles. The minimum absolute atomic E-state index is 0.136. The zero-order chi connectivity index (χ0) is 21.5. The fourth-order valence-corrected chi connectivity index (χ4v) is 4.11. The molecule has 2 aromatic carbocycles. The lowest BCUT2D eigenvalue weighted by atomic mass is 10.2. The van der Waals surface area contributed by atoms with E-state index in [-0.39, 0.29) is 22.4 Å². The number of thiazole rings is 1. The molecule has 0 bridgehead atoms. The number of rotatable bonds is 8. The molecule has 2 N–H and O–H groups in total. The average molecular weight is 443 g/mol. The standard InChI is InChI=1S/C20H18N4O4S2/c1-2-17(19(26)23-20-21-9-10-29-20)30-16-8-4-6-14(12-16)22-18(25)13-5-3-7-15(11-13)24(27)28/h3-12,17H,2H2,1H3,(H,22,25)(H,21,23,26). The van der Waals surface area contributed by atoms with E-state index >= 15 is 0 Å². The normalized spacial score (nSPS) is 11.5. The lowest BCUT2D eigenvalue weighted by Gasteiger charge is -2.14. The smallest absolute Gasteiger partial charge is 0.270 e. The van der Waals surface area contributed by atoms with E-state index in [9.17, 15) is 19.7 Å². The molecule has 2 amide bonds. The van der Waals surface area contributed by atoms with Crippen LogP contribution in [0.1, 0.15) is 23.7 Å². The van der Waals surface area contributed by atoms with E-state index in [0.29, 0.717) is 17.2 Å². The number of benzene rings is 2. The Morgan fingerprint density at radius 2 is 2.00 bits per heavy atom. The van der Waals surface area contributed by atoms with Gasteiger partial charge in [-0.25, -0.2) is 4.98 Å². The molecule has 0 aliphatic carbocycles. The molecule has 154 valence electrons. The summed E-state index contributed by atoms with van der Waals surface area (Å²) < 4.78 is 0. The number of aromatic nitrogens is 1. The fourth-order valence-electron chi connectivity index (χ4n) is 2.57. The van der Waals surface area contributed by atoms with Crippen molar-refractivity contribution in [3.63, 3.8) is 0 Å². The van der Waals surface area contributed by atoms with E-state index in [1.807, 2.05) is 13.0 Å². The molecule has 3 aromatic rings. The van der Waals surface area contributed by atoms with E-state index in [1.54, 1.807) is 29.8 Å². The van der Waals surface area contributed by atoms with Gasteiger partial charge in [0, 0.05) is 39.9 Å². The monoisotopic (exact) mass is 442 g/mol. The Kier molecular flexibility index (Phi) is 7.15. The van der Waals surface area contributed by atoms with Crippen molar-refractivity contribution in [2.45, 2.75) is 23.5 Å². The Hall–Kier alpha value is -3.24. The molecule has 30 heavy (non-hydrogen) atoms. The van der Waals surface area contributed by atoms with Crippen LogP contribution >= 0.6 is 23.1 Å². The highest BCUT2D eigenvalue weighted by Crippen LogP contribution is 2.29. The van der Waals surface area contributed by atoms with Crippen LogP contribution in [0.2, 0.25) is 0 Å². The Morgan fingerprint density at radius 3 is 2.70 bits per heavy atom. The van der Waals surface area contributed by atoms with Crippen molar-refractivity contribution in [1.29, 1.82) is 0 Å². The van der Waals surface area contributed by atoms with Crippen LogP contribution in [0.4, 0.5) is 16.5 Å². The molecule has 1 heterocycles. The Balaban J connectivity index is 1.67. The number of thioether (sulfide) groups is 1. The second-order valence-electron chi connectivity index (χ2n) is 6.13. The van der Waals surface area contributed by atoms with Crippen LogP contribution in [0.5, 0.6) is 0 Å². The van der Waals surface area contributed by atoms with Gasteiger partial charge in [0.25, 0.3) is 11.6 Å². The number of carbonyl (C=O) groups is 2. The van der Waals surface area contributed by atoms with Gasteiger partial charge in [0.1, 0.15) is 0 Å². The summed E-state index contributed by atoms with van der Waals surface area (Å²) in [6, 6.07) is 12.6. The molecule has 1 unspecified atom stereocenters. The number of carbonyl (C=O) groups excluding carboxylic acids is 2. The highest BCUT2D eigenvalue weighted by molar-refractivity contribution is 8.00. The lowest BCUT2D eigenvalue weighted by molar-refractivity contribution is -0.384. The molecule has 0 aliphatic heterocycles. The maximum Gasteiger partial charge on any atom is 0.270 e. The predicted octanol–water partition coefficient (Wildman–Crippen LogP) is 4.81. The van der Waals surface area contributed by atoms with Crippen LogP contribution < -0.4 is 10.6 Å². The van der Waals surface area contributed by atoms with Crippen molar-refractivity contribution in [3.05, 3.63) is 75.8 Å². The third-order valence-corrected chi connectivity index (χ3v) is 6.06. The highest BCUT2D eigenvalue weighted by atomic mass is 32.2. The van der Waals surface area contributed by atoms with Crippen LogP contribution in [0.25, 0.3) is 0 Å². The number of hydrogen-bond acceptors (Lipinski definition) is 7. The number of non-ortho nitro benzene ring substituents is 1. The summed E-state index contributed by atoms with van der Waals surface area (Å²) in [6.45, 7) is 1.92. The molecular weight excluding hydrogens is 424 g/mol. The molecule has 1 aromatic heterocycles. The van der Waals surface area contributed by atoms with Gasteiger partial charge < -0.3 is 10.6 Å². The summed E-state index contributed by atoms with van der Waals surface area (Å²) in [7, 11) is 0. The van der Waals surface area contributed by atoms with Crippen molar-refractivity contribution < 1.29 is 14.5 Å². The first-order chi connectivity index (χ1) is 14.5. The summed E-state index contributed by atoms with van der Waals surface area (Å²) in [5.74, 6) is -0.585. The Bertz CT molecular complexity index is 1060. The van der Waals surface area contributed by atoms with Crippen molar-refractivity contribution in [2.75, 3.05) is 10.6 Å². The van der Waals surface area contributed by atoms with E-state index in [0.717, 1.165) is 4.90 Å². The van der Waals surface area contributed by atoms with Gasteiger partial charge in [0.2, 0.25) is 5.91 Å². The third-order valence-electron chi connectivity index (χ3n) is 4.02. The number of anilines is 2. The van der Waals surface area contributed by atoms with Gasteiger partial charge >= 0.3 is 0 Å². The summed E-state index contributed by atoms with van der Waals surface area (Å²) >= 11 is 2.74. The van der Waals surface area contributed by atoms with Crippen LogP contribution in [0.3, 0.4) is 0 Å². The first-order valence-corrected chi connectivity index (χ1v) is 10.7.